The van der Waals surface area contributed by atoms with Gasteiger partial charge in [0.2, 0.25) is 0 Å². The highest BCUT2D eigenvalue weighted by Crippen LogP contribution is 2.22. The predicted octanol–water partition coefficient (Wildman–Crippen LogP) is 3.42. The summed E-state index contributed by atoms with van der Waals surface area (Å²) in [6, 6.07) is 5.19. The minimum atomic E-state index is -0.644. The molecule has 0 fully saturated rings. The summed E-state index contributed by atoms with van der Waals surface area (Å²) in [5.41, 5.74) is 0.978. The van der Waals surface area contributed by atoms with Gasteiger partial charge in [-0.15, -0.1) is 0 Å². The van der Waals surface area contributed by atoms with Gasteiger partial charge in [0.15, 0.2) is 0 Å². The van der Waals surface area contributed by atoms with Gasteiger partial charge in [0.1, 0.15) is 5.60 Å². The molecule has 1 aromatic carbocycles. The van der Waals surface area contributed by atoms with Crippen LogP contribution in [0.25, 0.3) is 0 Å². The molecular formula is C14H20ClNO3. The lowest BCUT2D eigenvalue weighted by atomic mass is 10.0. The van der Waals surface area contributed by atoms with E-state index in [0.29, 0.717) is 10.6 Å². The fourth-order valence-electron chi connectivity index (χ4n) is 1.60. The van der Waals surface area contributed by atoms with Crippen molar-refractivity contribution in [1.29, 1.82) is 0 Å². The van der Waals surface area contributed by atoms with E-state index in [9.17, 15) is 9.90 Å². The molecule has 0 saturated heterocycles. The molecule has 4 nitrogen and oxygen atoms in total. The molecule has 0 aromatic heterocycles. The van der Waals surface area contributed by atoms with Gasteiger partial charge >= 0.3 is 6.09 Å². The summed E-state index contributed by atoms with van der Waals surface area (Å²) in [5, 5.41) is 12.9. The topological polar surface area (TPSA) is 58.6 Å². The highest BCUT2D eigenvalue weighted by atomic mass is 35.5. The minimum Gasteiger partial charge on any atom is -0.444 e. The number of alkyl carbamates (subject to hydrolysis) is 1. The third-order valence-electron chi connectivity index (χ3n) is 2.38. The van der Waals surface area contributed by atoms with Crippen LogP contribution >= 0.6 is 11.6 Å². The summed E-state index contributed by atoms with van der Waals surface area (Å²) < 4.78 is 5.14. The molecule has 0 saturated carbocycles. The van der Waals surface area contributed by atoms with Crippen LogP contribution < -0.4 is 5.32 Å². The van der Waals surface area contributed by atoms with E-state index in [1.165, 1.54) is 0 Å². The van der Waals surface area contributed by atoms with Crippen molar-refractivity contribution < 1.29 is 14.6 Å². The molecule has 0 bridgehead atoms. The van der Waals surface area contributed by atoms with Gasteiger partial charge in [-0.25, -0.2) is 4.79 Å². The first kappa shape index (κ1) is 15.8. The van der Waals surface area contributed by atoms with Crippen molar-refractivity contribution in [1.82, 2.24) is 5.32 Å². The van der Waals surface area contributed by atoms with Gasteiger partial charge in [-0.05, 0) is 51.0 Å². The van der Waals surface area contributed by atoms with Gasteiger partial charge in [-0.3, -0.25) is 0 Å². The SMILES string of the molecule is CC(O)c1cc(Cl)ccc1CNC(=O)OC(C)(C)C. The first-order valence-corrected chi connectivity index (χ1v) is 6.50. The van der Waals surface area contributed by atoms with Crippen molar-refractivity contribution in [3.05, 3.63) is 34.3 Å². The highest BCUT2D eigenvalue weighted by Gasteiger charge is 2.16. The zero-order chi connectivity index (χ0) is 14.6. The first-order valence-electron chi connectivity index (χ1n) is 6.12. The maximum atomic E-state index is 11.6. The van der Waals surface area contributed by atoms with Crippen LogP contribution in [0, 0.1) is 0 Å². The molecule has 1 atom stereocenters. The lowest BCUT2D eigenvalue weighted by Gasteiger charge is -2.20. The molecule has 1 rings (SSSR count). The van der Waals surface area contributed by atoms with E-state index >= 15 is 0 Å². The van der Waals surface area contributed by atoms with E-state index in [1.807, 2.05) is 0 Å². The Labute approximate surface area is 118 Å². The van der Waals surface area contributed by atoms with Crippen molar-refractivity contribution >= 4 is 17.7 Å². The monoisotopic (exact) mass is 285 g/mol. The van der Waals surface area contributed by atoms with Crippen LogP contribution in [-0.4, -0.2) is 16.8 Å². The number of hydrogen-bond acceptors (Lipinski definition) is 3. The molecule has 5 heteroatoms. The molecule has 1 aromatic rings. The van der Waals surface area contributed by atoms with Crippen LogP contribution in [0.1, 0.15) is 44.9 Å². The Bertz CT molecular complexity index is 452. The Kier molecular flexibility index (Phi) is 5.20. The van der Waals surface area contributed by atoms with Crippen LogP contribution in [0.5, 0.6) is 0 Å². The number of carbonyl (C=O) groups excluding carboxylic acids is 1. The van der Waals surface area contributed by atoms with Crippen LogP contribution in [0.4, 0.5) is 4.79 Å². The van der Waals surface area contributed by atoms with Crippen molar-refractivity contribution in [2.75, 3.05) is 0 Å². The summed E-state index contributed by atoms with van der Waals surface area (Å²) in [6.07, 6.45) is -1.13. The van der Waals surface area contributed by atoms with Crippen LogP contribution in [0.3, 0.4) is 0 Å². The third-order valence-corrected chi connectivity index (χ3v) is 2.62. The van der Waals surface area contributed by atoms with Crippen molar-refractivity contribution in [2.45, 2.75) is 45.9 Å². The van der Waals surface area contributed by atoms with Gasteiger partial charge in [0, 0.05) is 11.6 Å². The van der Waals surface area contributed by atoms with Crippen molar-refractivity contribution in [3.8, 4) is 0 Å². The lowest BCUT2D eigenvalue weighted by molar-refractivity contribution is 0.0523. The summed E-state index contributed by atoms with van der Waals surface area (Å²) in [5.74, 6) is 0. The Morgan fingerprint density at radius 1 is 1.47 bits per heavy atom. The second kappa shape index (κ2) is 6.26. The van der Waals surface area contributed by atoms with Crippen molar-refractivity contribution in [3.63, 3.8) is 0 Å². The molecule has 106 valence electrons. The molecule has 0 aliphatic rings. The fraction of sp³-hybridized carbons (Fsp3) is 0.500. The average molecular weight is 286 g/mol. The molecule has 2 N–H and O–H groups in total. The Hall–Kier alpha value is -1.26. The predicted molar refractivity (Wildman–Crippen MR) is 75.2 cm³/mol. The van der Waals surface area contributed by atoms with Gasteiger partial charge in [0.25, 0.3) is 0 Å². The number of halogens is 1. The minimum absolute atomic E-state index is 0.284. The highest BCUT2D eigenvalue weighted by molar-refractivity contribution is 6.30. The van der Waals surface area contributed by atoms with E-state index < -0.39 is 17.8 Å². The van der Waals surface area contributed by atoms with Gasteiger partial charge in [0.05, 0.1) is 6.10 Å². The molecule has 19 heavy (non-hydrogen) atoms. The summed E-state index contributed by atoms with van der Waals surface area (Å²) in [7, 11) is 0. The van der Waals surface area contributed by atoms with Crippen LogP contribution in [0.15, 0.2) is 18.2 Å². The maximum absolute atomic E-state index is 11.6. The van der Waals surface area contributed by atoms with Crippen LogP contribution in [-0.2, 0) is 11.3 Å². The number of ether oxygens (including phenoxy) is 1. The molecular weight excluding hydrogens is 266 g/mol. The molecule has 0 aliphatic carbocycles. The Balaban J connectivity index is 2.70. The van der Waals surface area contributed by atoms with Gasteiger partial charge in [-0.2, -0.15) is 0 Å². The number of benzene rings is 1. The number of amides is 1. The van der Waals surface area contributed by atoms with E-state index in [0.717, 1.165) is 5.56 Å². The van der Waals surface area contributed by atoms with E-state index in [-0.39, 0.29) is 6.54 Å². The maximum Gasteiger partial charge on any atom is 0.407 e. The zero-order valence-electron chi connectivity index (χ0n) is 11.7. The third kappa shape index (κ3) is 5.49. The largest absolute Gasteiger partial charge is 0.444 e. The Morgan fingerprint density at radius 3 is 2.63 bits per heavy atom. The second-order valence-electron chi connectivity index (χ2n) is 5.37. The van der Waals surface area contributed by atoms with Crippen molar-refractivity contribution in [2.24, 2.45) is 0 Å². The molecule has 1 unspecified atom stereocenters. The molecule has 0 radical (unpaired) electrons. The fourth-order valence-corrected chi connectivity index (χ4v) is 1.78. The second-order valence-corrected chi connectivity index (χ2v) is 5.81. The first-order chi connectivity index (χ1) is 8.69. The molecule has 0 aliphatic heterocycles. The normalized spacial score (nSPS) is 12.9. The smallest absolute Gasteiger partial charge is 0.407 e. The quantitative estimate of drug-likeness (QED) is 0.895. The number of nitrogens with one attached hydrogen (secondary N) is 1. The zero-order valence-corrected chi connectivity index (χ0v) is 12.4. The summed E-state index contributed by atoms with van der Waals surface area (Å²) in [6.45, 7) is 7.34. The number of aliphatic hydroxyl groups excluding tert-OH is 1. The van der Waals surface area contributed by atoms with Gasteiger partial charge in [-0.1, -0.05) is 17.7 Å². The molecule has 0 heterocycles. The van der Waals surface area contributed by atoms with E-state index in [1.54, 1.807) is 45.9 Å². The lowest BCUT2D eigenvalue weighted by Crippen LogP contribution is -2.32. The van der Waals surface area contributed by atoms with E-state index in [2.05, 4.69) is 5.32 Å². The number of aliphatic hydroxyl groups is 1. The molecule has 1 amide bonds. The van der Waals surface area contributed by atoms with Crippen LogP contribution in [0.2, 0.25) is 5.02 Å². The van der Waals surface area contributed by atoms with Gasteiger partial charge < -0.3 is 15.2 Å². The number of rotatable bonds is 3. The average Bonchev–Trinajstić information content (AvgIpc) is 2.24. The summed E-state index contributed by atoms with van der Waals surface area (Å²) >= 11 is 5.89. The molecule has 0 spiro atoms. The summed E-state index contributed by atoms with van der Waals surface area (Å²) in [4.78, 5) is 11.6. The number of hydrogen-bond donors (Lipinski definition) is 2. The Morgan fingerprint density at radius 2 is 2.11 bits per heavy atom. The number of carbonyl (C=O) groups is 1. The standard InChI is InChI=1S/C14H20ClNO3/c1-9(17)12-7-11(15)6-5-10(12)8-16-13(18)19-14(2,3)4/h5-7,9,17H,8H2,1-4H3,(H,16,18). The van der Waals surface area contributed by atoms with E-state index in [4.69, 9.17) is 16.3 Å².